The van der Waals surface area contributed by atoms with E-state index in [4.69, 9.17) is 18.3 Å². The van der Waals surface area contributed by atoms with Gasteiger partial charge in [0.1, 0.15) is 18.3 Å². The molecule has 0 radical (unpaired) electrons. The molecule has 38 heavy (non-hydrogen) atoms. The zero-order valence-electron chi connectivity index (χ0n) is 26.2. The second-order valence-corrected chi connectivity index (χ2v) is 23.6. The van der Waals surface area contributed by atoms with Crippen LogP contribution in [-0.2, 0) is 18.3 Å². The van der Waals surface area contributed by atoms with Gasteiger partial charge in [-0.25, -0.2) is 0 Å². The van der Waals surface area contributed by atoms with E-state index in [9.17, 15) is 5.11 Å². The summed E-state index contributed by atoms with van der Waals surface area (Å²) < 4.78 is 27.4. The highest BCUT2D eigenvalue weighted by Gasteiger charge is 2.50. The maximum Gasteiger partial charge on any atom is 0.200 e. The number of aliphatic hydroxyl groups excluding tert-OH is 1. The molecule has 0 unspecified atom stereocenters. The van der Waals surface area contributed by atoms with Gasteiger partial charge in [0.25, 0.3) is 0 Å². The molecule has 0 aliphatic carbocycles. The van der Waals surface area contributed by atoms with Crippen LogP contribution in [-0.4, -0.2) is 52.8 Å². The molecule has 1 fully saturated rings. The third kappa shape index (κ3) is 7.90. The van der Waals surface area contributed by atoms with Gasteiger partial charge in [-0.15, -0.1) is 0 Å². The molecule has 0 aromatic heterocycles. The number of rotatable bonds is 12. The normalized spacial score (nSPS) is 24.6. The smallest absolute Gasteiger partial charge is 0.200 e. The first-order valence-corrected chi connectivity index (χ1v) is 19.7. The van der Waals surface area contributed by atoms with Gasteiger partial charge >= 0.3 is 0 Å². The van der Waals surface area contributed by atoms with Crippen molar-refractivity contribution in [2.24, 2.45) is 0 Å². The minimum atomic E-state index is -2.18. The van der Waals surface area contributed by atoms with Crippen LogP contribution < -0.4 is 0 Å². The number of benzene rings is 1. The number of aliphatic hydroxyl groups is 1. The van der Waals surface area contributed by atoms with Crippen molar-refractivity contribution < 1.29 is 23.4 Å². The highest BCUT2D eigenvalue weighted by Crippen LogP contribution is 2.44. The lowest BCUT2D eigenvalue weighted by Gasteiger charge is -2.48. The van der Waals surface area contributed by atoms with Gasteiger partial charge in [0.2, 0.25) is 0 Å². The molecule has 1 saturated heterocycles. The van der Waals surface area contributed by atoms with Gasteiger partial charge < -0.3 is 23.4 Å². The number of hydrogen-bond acceptors (Lipinski definition) is 5. The first-order valence-electron chi connectivity index (χ1n) is 14.6. The van der Waals surface area contributed by atoms with E-state index in [0.717, 1.165) is 5.56 Å². The van der Waals surface area contributed by atoms with Crippen molar-refractivity contribution in [1.29, 1.82) is 0 Å². The van der Waals surface area contributed by atoms with Crippen LogP contribution in [0.3, 0.4) is 0 Å². The molecule has 5 nitrogen and oxygen atoms in total. The highest BCUT2D eigenvalue weighted by molar-refractivity contribution is 6.77. The molecule has 1 aliphatic heterocycles. The standard InChI is InChI=1S/C31H56O5Si2/c1-13-26(32)19-20-27-29(36-37(11,12)31(8,9)10)28(35-30(34-27)25-17-15-14-16-18-25)21-33-38(22(2)3,23(4)5)24(6)7/h14-20,22-24,26-30,32H,13,21H2,1-12H3/t26-,27+,28-,29+,30+/m1/s1. The summed E-state index contributed by atoms with van der Waals surface area (Å²) in [6, 6.07) is 10.1. The van der Waals surface area contributed by atoms with Crippen LogP contribution in [0.4, 0.5) is 0 Å². The Labute approximate surface area is 235 Å². The summed E-state index contributed by atoms with van der Waals surface area (Å²) in [7, 11) is -4.31. The second kappa shape index (κ2) is 13.7. The Morgan fingerprint density at radius 3 is 1.97 bits per heavy atom. The minimum absolute atomic E-state index is 0.0260. The number of ether oxygens (including phenoxy) is 2. The lowest BCUT2D eigenvalue weighted by Crippen LogP contribution is -2.58. The Morgan fingerprint density at radius 2 is 1.50 bits per heavy atom. The molecule has 7 heteroatoms. The molecule has 0 bridgehead atoms. The molecule has 0 spiro atoms. The van der Waals surface area contributed by atoms with Crippen LogP contribution >= 0.6 is 0 Å². The third-order valence-corrected chi connectivity index (χ3v) is 19.3. The fourth-order valence-corrected chi connectivity index (χ4v) is 12.3. The van der Waals surface area contributed by atoms with Crippen molar-refractivity contribution in [3.05, 3.63) is 48.0 Å². The molecular weight excluding hydrogens is 509 g/mol. The molecule has 1 aliphatic rings. The summed E-state index contributed by atoms with van der Waals surface area (Å²) in [5, 5.41) is 10.4. The Balaban J connectivity index is 2.54. The molecule has 1 heterocycles. The van der Waals surface area contributed by atoms with Crippen molar-refractivity contribution in [2.45, 2.75) is 141 Å². The quantitative estimate of drug-likeness (QED) is 0.204. The summed E-state index contributed by atoms with van der Waals surface area (Å²) in [6.45, 7) is 27.6. The molecule has 1 aromatic carbocycles. The van der Waals surface area contributed by atoms with Crippen molar-refractivity contribution in [3.8, 4) is 0 Å². The van der Waals surface area contributed by atoms with E-state index >= 15 is 0 Å². The molecule has 0 saturated carbocycles. The van der Waals surface area contributed by atoms with Crippen molar-refractivity contribution in [3.63, 3.8) is 0 Å². The Kier molecular flexibility index (Phi) is 12.0. The van der Waals surface area contributed by atoms with Crippen LogP contribution in [0, 0.1) is 0 Å². The largest absolute Gasteiger partial charge is 0.413 e. The van der Waals surface area contributed by atoms with Gasteiger partial charge in [-0.3, -0.25) is 0 Å². The van der Waals surface area contributed by atoms with E-state index in [0.29, 0.717) is 29.7 Å². The van der Waals surface area contributed by atoms with Crippen molar-refractivity contribution in [1.82, 2.24) is 0 Å². The Morgan fingerprint density at radius 1 is 0.947 bits per heavy atom. The van der Waals surface area contributed by atoms with Gasteiger partial charge in [0.15, 0.2) is 22.9 Å². The van der Waals surface area contributed by atoms with E-state index in [1.807, 2.05) is 49.4 Å². The maximum atomic E-state index is 10.4. The van der Waals surface area contributed by atoms with Crippen LogP contribution in [0.25, 0.3) is 0 Å². The van der Waals surface area contributed by atoms with Gasteiger partial charge in [-0.05, 0) is 41.2 Å². The first kappa shape index (κ1) is 33.4. The van der Waals surface area contributed by atoms with Crippen molar-refractivity contribution >= 4 is 16.6 Å². The maximum absolute atomic E-state index is 10.4. The van der Waals surface area contributed by atoms with E-state index in [2.05, 4.69) is 75.4 Å². The molecule has 1 N–H and O–H groups in total. The van der Waals surface area contributed by atoms with Gasteiger partial charge in [0, 0.05) is 5.56 Å². The molecule has 218 valence electrons. The zero-order chi connectivity index (χ0) is 28.9. The predicted octanol–water partition coefficient (Wildman–Crippen LogP) is 8.38. The fourth-order valence-electron chi connectivity index (χ4n) is 5.52. The first-order chi connectivity index (χ1) is 17.6. The molecule has 2 rings (SSSR count). The topological polar surface area (TPSA) is 57.2 Å². The molecule has 5 atom stereocenters. The predicted molar refractivity (Wildman–Crippen MR) is 163 cm³/mol. The van der Waals surface area contributed by atoms with E-state index in [-0.39, 0.29) is 23.4 Å². The summed E-state index contributed by atoms with van der Waals surface area (Å²) >= 11 is 0. The van der Waals surface area contributed by atoms with Crippen LogP contribution in [0.2, 0.25) is 34.8 Å². The van der Waals surface area contributed by atoms with Crippen LogP contribution in [0.15, 0.2) is 42.5 Å². The lowest BCUT2D eigenvalue weighted by atomic mass is 10.0. The van der Waals surface area contributed by atoms with Gasteiger partial charge in [-0.2, -0.15) is 0 Å². The summed E-state index contributed by atoms with van der Waals surface area (Å²) in [4.78, 5) is 0. The van der Waals surface area contributed by atoms with E-state index < -0.39 is 29.0 Å². The lowest BCUT2D eigenvalue weighted by molar-refractivity contribution is -0.279. The van der Waals surface area contributed by atoms with Crippen molar-refractivity contribution in [2.75, 3.05) is 6.61 Å². The monoisotopic (exact) mass is 564 g/mol. The number of hydrogen-bond donors (Lipinski definition) is 1. The average molecular weight is 565 g/mol. The zero-order valence-corrected chi connectivity index (χ0v) is 28.2. The summed E-state index contributed by atoms with van der Waals surface area (Å²) in [6.07, 6.45) is 2.39. The SMILES string of the molecule is CC[C@@H](O)C=C[C@@H]1O[C@H](c2ccccc2)O[C@H](CO[Si](C(C)C)(C(C)C)C(C)C)[C@H]1O[Si](C)(C)C(C)(C)C. The van der Waals surface area contributed by atoms with E-state index in [1.165, 1.54) is 0 Å². The van der Waals surface area contributed by atoms with Gasteiger partial charge in [-0.1, -0.05) is 112 Å². The Hall–Kier alpha value is -0.806. The molecule has 1 aromatic rings. The van der Waals surface area contributed by atoms with Crippen LogP contribution in [0.5, 0.6) is 0 Å². The summed E-state index contributed by atoms with van der Waals surface area (Å²) in [5.41, 5.74) is 2.39. The fraction of sp³-hybridized carbons (Fsp3) is 0.742. The highest BCUT2D eigenvalue weighted by atomic mass is 28.4. The van der Waals surface area contributed by atoms with Gasteiger partial charge in [0.05, 0.1) is 12.7 Å². The van der Waals surface area contributed by atoms with Crippen LogP contribution in [0.1, 0.15) is 87.5 Å². The third-order valence-electron chi connectivity index (χ3n) is 8.72. The second-order valence-electron chi connectivity index (χ2n) is 13.3. The average Bonchev–Trinajstić information content (AvgIpc) is 2.82. The summed E-state index contributed by atoms with van der Waals surface area (Å²) in [5.74, 6) is 0. The molecule has 0 amide bonds. The minimum Gasteiger partial charge on any atom is -0.413 e. The Bertz CT molecular complexity index is 841. The van der Waals surface area contributed by atoms with E-state index in [1.54, 1.807) is 0 Å². The molecular formula is C31H56O5Si2.